The highest BCUT2D eigenvalue weighted by Gasteiger charge is 2.03. The van der Waals surface area contributed by atoms with E-state index in [1.165, 1.54) is 68.5 Å². The van der Waals surface area contributed by atoms with Crippen LogP contribution >= 0.6 is 22.7 Å². The van der Waals surface area contributed by atoms with Crippen LogP contribution in [0.15, 0.2) is 48.5 Å². The molecule has 0 atom stereocenters. The molecule has 2 aromatic carbocycles. The van der Waals surface area contributed by atoms with Gasteiger partial charge in [0.05, 0.1) is 0 Å². The van der Waals surface area contributed by atoms with Gasteiger partial charge in [-0.15, -0.1) is 22.7 Å². The molecule has 0 N–H and O–H groups in total. The highest BCUT2D eigenvalue weighted by Crippen LogP contribution is 2.28. The molecule has 0 unspecified atom stereocenters. The molecule has 0 nitrogen and oxygen atoms in total. The monoisotopic (exact) mass is 426 g/mol. The van der Waals surface area contributed by atoms with Crippen molar-refractivity contribution >= 4 is 42.8 Å². The van der Waals surface area contributed by atoms with Crippen molar-refractivity contribution in [3.05, 3.63) is 69.4 Å². The highest BCUT2D eigenvalue weighted by atomic mass is 32.1. The van der Waals surface area contributed by atoms with Crippen LogP contribution in [0.2, 0.25) is 0 Å². The van der Waals surface area contributed by atoms with Crippen molar-refractivity contribution in [3.8, 4) is 23.7 Å². The molecule has 2 heteroatoms. The maximum atomic E-state index is 3.21. The van der Waals surface area contributed by atoms with Gasteiger partial charge < -0.3 is 0 Å². The predicted octanol–water partition coefficient (Wildman–Crippen LogP) is 8.20. The van der Waals surface area contributed by atoms with E-state index in [0.717, 1.165) is 11.1 Å². The van der Waals surface area contributed by atoms with Crippen molar-refractivity contribution in [1.29, 1.82) is 0 Å². The number of thiophene rings is 2. The van der Waals surface area contributed by atoms with Crippen molar-refractivity contribution in [2.75, 3.05) is 0 Å². The molecule has 0 saturated heterocycles. The molecule has 0 aliphatic heterocycles. The smallest absolute Gasteiger partial charge is 0.0358 e. The number of unbranched alkanes of at least 4 members (excludes halogenated alkanes) is 2. The number of hydrogen-bond acceptors (Lipinski definition) is 2. The van der Waals surface area contributed by atoms with Crippen molar-refractivity contribution in [2.24, 2.45) is 0 Å². The Hall–Kier alpha value is -2.52. The molecule has 4 aromatic rings. The molecule has 0 aliphatic rings. The Morgan fingerprint density at radius 1 is 0.633 bits per heavy atom. The van der Waals surface area contributed by atoms with Crippen LogP contribution in [0.25, 0.3) is 20.2 Å². The molecular weight excluding hydrogens is 400 g/mol. The molecule has 0 amide bonds. The standard InChI is InChI=1S/C28H26S2/c1-3-5-11-25-19-23-15-13-22(18-28(23)30-25)10-8-7-9-21-14-16-27-24(17-21)20-26(29-27)12-6-4-2/h13-20H,3-6,11-12H2,1-2H3. The van der Waals surface area contributed by atoms with E-state index in [2.05, 4.69) is 86.1 Å². The SMILES string of the molecule is CCCCc1cc2cc(C#CC#Cc3ccc4cc(CCCC)sc4c3)ccc2s1. The van der Waals surface area contributed by atoms with Crippen molar-refractivity contribution in [2.45, 2.75) is 52.4 Å². The van der Waals surface area contributed by atoms with E-state index in [1.807, 2.05) is 22.7 Å². The van der Waals surface area contributed by atoms with Crippen LogP contribution in [0, 0.1) is 23.7 Å². The zero-order chi connectivity index (χ0) is 20.8. The Kier molecular flexibility index (Phi) is 6.91. The van der Waals surface area contributed by atoms with Gasteiger partial charge in [-0.05, 0) is 90.8 Å². The summed E-state index contributed by atoms with van der Waals surface area (Å²) in [6.07, 6.45) is 7.35. The average Bonchev–Trinajstić information content (AvgIpc) is 3.36. The number of fused-ring (bicyclic) bond motifs is 2. The van der Waals surface area contributed by atoms with Crippen LogP contribution in [0.3, 0.4) is 0 Å². The van der Waals surface area contributed by atoms with Crippen LogP contribution < -0.4 is 0 Å². The highest BCUT2D eigenvalue weighted by molar-refractivity contribution is 7.19. The van der Waals surface area contributed by atoms with Gasteiger partial charge in [-0.3, -0.25) is 0 Å². The number of benzene rings is 2. The minimum absolute atomic E-state index is 1.03. The first-order valence-electron chi connectivity index (χ1n) is 10.8. The quantitative estimate of drug-likeness (QED) is 0.273. The second-order valence-electron chi connectivity index (χ2n) is 7.64. The van der Waals surface area contributed by atoms with Gasteiger partial charge in [0.1, 0.15) is 0 Å². The molecule has 0 spiro atoms. The van der Waals surface area contributed by atoms with E-state index >= 15 is 0 Å². The Balaban J connectivity index is 1.47. The van der Waals surface area contributed by atoms with Crippen LogP contribution in [0.4, 0.5) is 0 Å². The lowest BCUT2D eigenvalue weighted by atomic mass is 10.1. The minimum atomic E-state index is 1.03. The summed E-state index contributed by atoms with van der Waals surface area (Å²) < 4.78 is 2.67. The second kappa shape index (κ2) is 9.99. The minimum Gasteiger partial charge on any atom is -0.140 e. The number of hydrogen-bond donors (Lipinski definition) is 0. The van der Waals surface area contributed by atoms with Crippen LogP contribution in [0.5, 0.6) is 0 Å². The lowest BCUT2D eigenvalue weighted by Gasteiger charge is -1.91. The van der Waals surface area contributed by atoms with E-state index in [9.17, 15) is 0 Å². The van der Waals surface area contributed by atoms with Crippen LogP contribution in [-0.2, 0) is 12.8 Å². The molecular formula is C28H26S2. The fourth-order valence-electron chi connectivity index (χ4n) is 3.50. The van der Waals surface area contributed by atoms with Crippen molar-refractivity contribution in [1.82, 2.24) is 0 Å². The van der Waals surface area contributed by atoms with Gasteiger partial charge in [-0.25, -0.2) is 0 Å². The molecule has 30 heavy (non-hydrogen) atoms. The maximum absolute atomic E-state index is 3.21. The summed E-state index contributed by atoms with van der Waals surface area (Å²) in [6.45, 7) is 4.48. The van der Waals surface area contributed by atoms with E-state index in [1.54, 1.807) is 0 Å². The van der Waals surface area contributed by atoms with Crippen molar-refractivity contribution < 1.29 is 0 Å². The third-order valence-electron chi connectivity index (χ3n) is 5.17. The first-order valence-corrected chi connectivity index (χ1v) is 12.5. The Morgan fingerprint density at radius 2 is 1.23 bits per heavy atom. The average molecular weight is 427 g/mol. The third-order valence-corrected chi connectivity index (χ3v) is 7.50. The van der Waals surface area contributed by atoms with Gasteiger partial charge >= 0.3 is 0 Å². The second-order valence-corrected chi connectivity index (χ2v) is 9.97. The summed E-state index contributed by atoms with van der Waals surface area (Å²) in [5.74, 6) is 12.5. The molecule has 150 valence electrons. The first kappa shape index (κ1) is 20.7. The van der Waals surface area contributed by atoms with Gasteiger partial charge in [-0.2, -0.15) is 0 Å². The lowest BCUT2D eigenvalue weighted by molar-refractivity contribution is 0.804. The molecule has 2 heterocycles. The fourth-order valence-corrected chi connectivity index (χ4v) is 5.73. The summed E-state index contributed by atoms with van der Waals surface area (Å²) >= 11 is 3.80. The molecule has 0 aliphatic carbocycles. The van der Waals surface area contributed by atoms with Gasteiger partial charge in [0, 0.05) is 30.3 Å². The molecule has 2 aromatic heterocycles. The summed E-state index contributed by atoms with van der Waals surface area (Å²) in [5.41, 5.74) is 2.07. The van der Waals surface area contributed by atoms with Gasteiger partial charge in [0.15, 0.2) is 0 Å². The fraction of sp³-hybridized carbons (Fsp3) is 0.286. The number of rotatable bonds is 6. The molecule has 0 radical (unpaired) electrons. The third kappa shape index (κ3) is 5.14. The summed E-state index contributed by atoms with van der Waals surface area (Å²) in [7, 11) is 0. The van der Waals surface area contributed by atoms with Crippen LogP contribution in [-0.4, -0.2) is 0 Å². The van der Waals surface area contributed by atoms with Gasteiger partial charge in [0.2, 0.25) is 0 Å². The zero-order valence-corrected chi connectivity index (χ0v) is 19.3. The summed E-state index contributed by atoms with van der Waals surface area (Å²) in [6, 6.07) is 17.6. The van der Waals surface area contributed by atoms with Crippen LogP contribution in [0.1, 0.15) is 60.4 Å². The van der Waals surface area contributed by atoms with E-state index in [0.29, 0.717) is 0 Å². The lowest BCUT2D eigenvalue weighted by Crippen LogP contribution is -1.76. The van der Waals surface area contributed by atoms with Crippen molar-refractivity contribution in [3.63, 3.8) is 0 Å². The van der Waals surface area contributed by atoms with E-state index in [-0.39, 0.29) is 0 Å². The zero-order valence-electron chi connectivity index (χ0n) is 17.7. The molecule has 0 fully saturated rings. The Morgan fingerprint density at radius 3 is 1.93 bits per heavy atom. The Labute approximate surface area is 188 Å². The number of aryl methyl sites for hydroxylation is 2. The summed E-state index contributed by atoms with van der Waals surface area (Å²) in [5, 5.41) is 2.62. The van der Waals surface area contributed by atoms with Gasteiger partial charge in [0.25, 0.3) is 0 Å². The van der Waals surface area contributed by atoms with E-state index < -0.39 is 0 Å². The molecule has 4 rings (SSSR count). The predicted molar refractivity (Wildman–Crippen MR) is 135 cm³/mol. The normalized spacial score (nSPS) is 10.6. The maximum Gasteiger partial charge on any atom is 0.0358 e. The molecule has 0 bridgehead atoms. The first-order chi connectivity index (χ1) is 14.7. The van der Waals surface area contributed by atoms with E-state index in [4.69, 9.17) is 0 Å². The largest absolute Gasteiger partial charge is 0.140 e. The molecule has 0 saturated carbocycles. The summed E-state index contributed by atoms with van der Waals surface area (Å²) in [4.78, 5) is 2.94. The van der Waals surface area contributed by atoms with Gasteiger partial charge in [-0.1, -0.05) is 44.6 Å². The topological polar surface area (TPSA) is 0 Å². The Bertz CT molecular complexity index is 1180.